The van der Waals surface area contributed by atoms with E-state index < -0.39 is 0 Å². The average molecular weight is 270 g/mol. The smallest absolute Gasteiger partial charge is 0.0615 e. The first-order valence-electron chi connectivity index (χ1n) is 7.46. The van der Waals surface area contributed by atoms with Gasteiger partial charge in [0.05, 0.1) is 6.61 Å². The number of fused-ring (bicyclic) bond motifs is 1. The van der Waals surface area contributed by atoms with Crippen LogP contribution in [0.1, 0.15) is 57.2 Å². The second-order valence-electron chi connectivity index (χ2n) is 7.04. The molecule has 0 aliphatic heterocycles. The Bertz CT molecular complexity index is 533. The minimum atomic E-state index is 0.0930. The van der Waals surface area contributed by atoms with E-state index in [1.54, 1.807) is 6.08 Å². The lowest BCUT2D eigenvalue weighted by Gasteiger charge is -2.42. The Morgan fingerprint density at radius 1 is 1.00 bits per heavy atom. The SMILES string of the molecule is CC1(C)CCC(C)(C)c2cc(/C=C/C=C/CO)ccc21. The van der Waals surface area contributed by atoms with Gasteiger partial charge in [-0.05, 0) is 40.4 Å². The highest BCUT2D eigenvalue weighted by atomic mass is 16.2. The lowest BCUT2D eigenvalue weighted by molar-refractivity contribution is 0.332. The third-order valence-electron chi connectivity index (χ3n) is 4.52. The Hall–Kier alpha value is -1.34. The van der Waals surface area contributed by atoms with Crippen molar-refractivity contribution in [3.05, 3.63) is 53.1 Å². The second kappa shape index (κ2) is 5.57. The summed E-state index contributed by atoms with van der Waals surface area (Å²) in [5.74, 6) is 0. The third kappa shape index (κ3) is 3.04. The molecule has 0 spiro atoms. The number of rotatable bonds is 3. The fourth-order valence-electron chi connectivity index (χ4n) is 3.02. The molecule has 108 valence electrons. The van der Waals surface area contributed by atoms with E-state index in [0.29, 0.717) is 0 Å². The topological polar surface area (TPSA) is 20.2 Å². The van der Waals surface area contributed by atoms with Crippen LogP contribution in [-0.4, -0.2) is 11.7 Å². The zero-order valence-corrected chi connectivity index (χ0v) is 13.1. The van der Waals surface area contributed by atoms with Crippen LogP contribution < -0.4 is 0 Å². The Labute approximate surface area is 123 Å². The van der Waals surface area contributed by atoms with Gasteiger partial charge >= 0.3 is 0 Å². The van der Waals surface area contributed by atoms with Crippen molar-refractivity contribution in [2.75, 3.05) is 6.61 Å². The maximum Gasteiger partial charge on any atom is 0.0615 e. The Kier molecular flexibility index (Phi) is 4.19. The van der Waals surface area contributed by atoms with Crippen LogP contribution in [0.25, 0.3) is 6.08 Å². The molecule has 20 heavy (non-hydrogen) atoms. The van der Waals surface area contributed by atoms with E-state index in [1.165, 1.54) is 29.5 Å². The molecule has 1 heteroatoms. The molecule has 1 aliphatic rings. The zero-order valence-electron chi connectivity index (χ0n) is 13.1. The molecule has 0 heterocycles. The highest BCUT2D eigenvalue weighted by Gasteiger charge is 2.36. The van der Waals surface area contributed by atoms with Crippen LogP contribution in [0.2, 0.25) is 0 Å². The second-order valence-corrected chi connectivity index (χ2v) is 7.04. The van der Waals surface area contributed by atoms with Gasteiger partial charge in [0.15, 0.2) is 0 Å². The van der Waals surface area contributed by atoms with Gasteiger partial charge < -0.3 is 5.11 Å². The van der Waals surface area contributed by atoms with Gasteiger partial charge in [0.1, 0.15) is 0 Å². The van der Waals surface area contributed by atoms with Crippen LogP contribution in [0, 0.1) is 0 Å². The normalized spacial score (nSPS) is 20.4. The Balaban J connectivity index is 2.38. The predicted molar refractivity (Wildman–Crippen MR) is 87.0 cm³/mol. The maximum absolute atomic E-state index is 8.73. The fourth-order valence-corrected chi connectivity index (χ4v) is 3.02. The molecule has 0 atom stereocenters. The number of aliphatic hydroxyl groups excluding tert-OH is 1. The summed E-state index contributed by atoms with van der Waals surface area (Å²) < 4.78 is 0. The van der Waals surface area contributed by atoms with Crippen molar-refractivity contribution in [1.29, 1.82) is 0 Å². The molecular formula is C19H26O. The molecule has 1 aromatic carbocycles. The van der Waals surface area contributed by atoms with Crippen LogP contribution in [0.4, 0.5) is 0 Å². The lowest BCUT2D eigenvalue weighted by atomic mass is 9.63. The predicted octanol–water partition coefficient (Wildman–Crippen LogP) is 4.60. The molecule has 0 amide bonds. The van der Waals surface area contributed by atoms with Crippen LogP contribution in [-0.2, 0) is 10.8 Å². The first-order chi connectivity index (χ1) is 9.37. The first-order valence-corrected chi connectivity index (χ1v) is 7.46. The minimum Gasteiger partial charge on any atom is -0.392 e. The number of hydrogen-bond acceptors (Lipinski definition) is 1. The highest BCUT2D eigenvalue weighted by molar-refractivity contribution is 5.56. The molecule has 0 fully saturated rings. The van der Waals surface area contributed by atoms with Gasteiger partial charge in [0, 0.05) is 0 Å². The molecule has 0 radical (unpaired) electrons. The zero-order chi connectivity index (χ0) is 14.8. The van der Waals surface area contributed by atoms with Crippen molar-refractivity contribution in [3.63, 3.8) is 0 Å². The number of allylic oxidation sites excluding steroid dienone is 2. The van der Waals surface area contributed by atoms with Crippen molar-refractivity contribution in [3.8, 4) is 0 Å². The number of benzene rings is 1. The minimum absolute atomic E-state index is 0.0930. The maximum atomic E-state index is 8.73. The van der Waals surface area contributed by atoms with E-state index in [1.807, 2.05) is 12.2 Å². The van der Waals surface area contributed by atoms with Crippen LogP contribution in [0.3, 0.4) is 0 Å². The fraction of sp³-hybridized carbons (Fsp3) is 0.474. The quantitative estimate of drug-likeness (QED) is 0.796. The molecule has 1 N–H and O–H groups in total. The van der Waals surface area contributed by atoms with E-state index in [9.17, 15) is 0 Å². The summed E-state index contributed by atoms with van der Waals surface area (Å²) in [6.45, 7) is 9.48. The highest BCUT2D eigenvalue weighted by Crippen LogP contribution is 2.45. The van der Waals surface area contributed by atoms with Crippen molar-refractivity contribution in [2.45, 2.75) is 51.4 Å². The summed E-state index contributed by atoms with van der Waals surface area (Å²) in [7, 11) is 0. The summed E-state index contributed by atoms with van der Waals surface area (Å²) in [6, 6.07) is 6.83. The van der Waals surface area contributed by atoms with E-state index in [0.717, 1.165) is 0 Å². The molecule has 1 aliphatic carbocycles. The molecule has 2 rings (SSSR count). The lowest BCUT2D eigenvalue weighted by Crippen LogP contribution is -2.33. The first kappa shape index (κ1) is 15.1. The third-order valence-corrected chi connectivity index (χ3v) is 4.52. The van der Waals surface area contributed by atoms with Gasteiger partial charge in [-0.25, -0.2) is 0 Å². The van der Waals surface area contributed by atoms with Gasteiger partial charge in [-0.15, -0.1) is 0 Å². The molecule has 0 saturated carbocycles. The van der Waals surface area contributed by atoms with E-state index in [-0.39, 0.29) is 17.4 Å². The average Bonchev–Trinajstić information content (AvgIpc) is 2.40. The summed E-state index contributed by atoms with van der Waals surface area (Å²) in [5.41, 5.74) is 4.76. The van der Waals surface area contributed by atoms with Crippen molar-refractivity contribution in [1.82, 2.24) is 0 Å². The van der Waals surface area contributed by atoms with Crippen LogP contribution in [0.15, 0.2) is 36.4 Å². The van der Waals surface area contributed by atoms with Gasteiger partial charge in [-0.3, -0.25) is 0 Å². The molecular weight excluding hydrogens is 244 g/mol. The Morgan fingerprint density at radius 3 is 2.30 bits per heavy atom. The standard InChI is InChI=1S/C19H26O/c1-18(2)11-12-19(3,4)17-14-15(9-10-16(17)18)8-6-5-7-13-20/h5-10,14,20H,11-13H2,1-4H3/b7-5+,8-6+. The molecule has 0 unspecified atom stereocenters. The van der Waals surface area contributed by atoms with E-state index in [4.69, 9.17) is 5.11 Å². The van der Waals surface area contributed by atoms with Crippen molar-refractivity contribution in [2.24, 2.45) is 0 Å². The van der Waals surface area contributed by atoms with E-state index in [2.05, 4.69) is 52.0 Å². The number of hydrogen-bond donors (Lipinski definition) is 1. The summed E-state index contributed by atoms with van der Waals surface area (Å²) in [4.78, 5) is 0. The summed E-state index contributed by atoms with van der Waals surface area (Å²) >= 11 is 0. The van der Waals surface area contributed by atoms with Crippen LogP contribution >= 0.6 is 0 Å². The molecule has 1 aromatic rings. The molecule has 0 bridgehead atoms. The monoisotopic (exact) mass is 270 g/mol. The molecule has 0 aromatic heterocycles. The summed E-state index contributed by atoms with van der Waals surface area (Å²) in [6.07, 6.45) is 10.2. The van der Waals surface area contributed by atoms with Gasteiger partial charge in [-0.2, -0.15) is 0 Å². The van der Waals surface area contributed by atoms with Crippen molar-refractivity contribution < 1.29 is 5.11 Å². The van der Waals surface area contributed by atoms with Gasteiger partial charge in [0.2, 0.25) is 0 Å². The summed E-state index contributed by atoms with van der Waals surface area (Å²) in [5, 5.41) is 8.73. The molecule has 0 saturated heterocycles. The molecule has 1 nitrogen and oxygen atoms in total. The largest absolute Gasteiger partial charge is 0.392 e. The van der Waals surface area contributed by atoms with Crippen molar-refractivity contribution >= 4 is 6.08 Å². The number of aliphatic hydroxyl groups is 1. The van der Waals surface area contributed by atoms with Gasteiger partial charge in [0.25, 0.3) is 0 Å². The van der Waals surface area contributed by atoms with Crippen LogP contribution in [0.5, 0.6) is 0 Å². The Morgan fingerprint density at radius 2 is 1.65 bits per heavy atom. The van der Waals surface area contributed by atoms with Gasteiger partial charge in [-0.1, -0.05) is 70.2 Å². The van der Waals surface area contributed by atoms with E-state index >= 15 is 0 Å².